The fourth-order valence-electron chi connectivity index (χ4n) is 2.31. The van der Waals surface area contributed by atoms with Gasteiger partial charge in [-0.05, 0) is 12.8 Å². The van der Waals surface area contributed by atoms with Crippen molar-refractivity contribution in [2.75, 3.05) is 12.4 Å². The van der Waals surface area contributed by atoms with Gasteiger partial charge in [-0.3, -0.25) is 10.1 Å². The normalized spacial score (nSPS) is 16.7. The monoisotopic (exact) mass is 266 g/mol. The summed E-state index contributed by atoms with van der Waals surface area (Å²) < 4.78 is 4.92. The second kappa shape index (κ2) is 6.31. The van der Waals surface area contributed by atoms with Crippen LogP contribution >= 0.6 is 0 Å². The Labute approximate surface area is 111 Å². The number of nitrogens with zero attached hydrogens (tertiary/aromatic N) is 3. The zero-order chi connectivity index (χ0) is 13.7. The number of aromatic nitrogens is 2. The molecule has 1 aliphatic rings. The number of ether oxygens (including phenoxy) is 1. The molecule has 7 heteroatoms. The van der Waals surface area contributed by atoms with Crippen LogP contribution in [0.25, 0.3) is 0 Å². The van der Waals surface area contributed by atoms with Crippen LogP contribution in [0, 0.1) is 10.1 Å². The number of nitrogens with one attached hydrogen (secondary N) is 1. The van der Waals surface area contributed by atoms with E-state index in [1.54, 1.807) is 0 Å². The molecule has 1 aliphatic carbocycles. The quantitative estimate of drug-likeness (QED) is 0.511. The van der Waals surface area contributed by atoms with E-state index in [2.05, 4.69) is 15.3 Å². The Morgan fingerprint density at radius 2 is 2.05 bits per heavy atom. The summed E-state index contributed by atoms with van der Waals surface area (Å²) in [7, 11) is 1.44. The van der Waals surface area contributed by atoms with Crippen molar-refractivity contribution >= 4 is 11.5 Å². The van der Waals surface area contributed by atoms with E-state index in [0.717, 1.165) is 25.7 Å². The Hall–Kier alpha value is -1.92. The third-order valence-electron chi connectivity index (χ3n) is 3.32. The van der Waals surface area contributed by atoms with E-state index in [-0.39, 0.29) is 23.6 Å². The minimum Gasteiger partial charge on any atom is -0.467 e. The molecule has 0 saturated heterocycles. The summed E-state index contributed by atoms with van der Waals surface area (Å²) in [5.74, 6) is 0.253. The van der Waals surface area contributed by atoms with Crippen molar-refractivity contribution in [2.45, 2.75) is 44.6 Å². The van der Waals surface area contributed by atoms with Crippen molar-refractivity contribution in [3.05, 3.63) is 16.3 Å². The summed E-state index contributed by atoms with van der Waals surface area (Å²) in [6.07, 6.45) is 7.97. The van der Waals surface area contributed by atoms with Gasteiger partial charge >= 0.3 is 11.7 Å². The molecule has 0 atom stereocenters. The molecule has 0 aliphatic heterocycles. The number of rotatable bonds is 4. The molecule has 1 saturated carbocycles. The minimum absolute atomic E-state index is 0.106. The molecule has 0 aromatic carbocycles. The number of hydrogen-bond acceptors (Lipinski definition) is 6. The van der Waals surface area contributed by atoms with Gasteiger partial charge in [0.2, 0.25) is 5.82 Å². The van der Waals surface area contributed by atoms with E-state index in [9.17, 15) is 10.1 Å². The van der Waals surface area contributed by atoms with Crippen LogP contribution in [0.2, 0.25) is 0 Å². The van der Waals surface area contributed by atoms with Crippen molar-refractivity contribution in [1.29, 1.82) is 0 Å². The molecule has 2 rings (SSSR count). The highest BCUT2D eigenvalue weighted by Crippen LogP contribution is 2.26. The second-order valence-electron chi connectivity index (χ2n) is 4.68. The Bertz CT molecular complexity index is 445. The molecular formula is C12H18N4O3. The average Bonchev–Trinajstić information content (AvgIpc) is 2.67. The maximum atomic E-state index is 11.0. The molecule has 0 spiro atoms. The summed E-state index contributed by atoms with van der Waals surface area (Å²) in [6, 6.07) is 0.377. The van der Waals surface area contributed by atoms with Crippen LogP contribution in [0.5, 0.6) is 6.01 Å². The van der Waals surface area contributed by atoms with Gasteiger partial charge in [0.05, 0.1) is 12.0 Å². The van der Waals surface area contributed by atoms with Crippen LogP contribution < -0.4 is 10.1 Å². The average molecular weight is 266 g/mol. The van der Waals surface area contributed by atoms with E-state index in [1.807, 2.05) is 0 Å². The summed E-state index contributed by atoms with van der Waals surface area (Å²) in [4.78, 5) is 18.3. The molecule has 0 radical (unpaired) electrons. The fourth-order valence-corrected chi connectivity index (χ4v) is 2.31. The first-order valence-corrected chi connectivity index (χ1v) is 6.52. The summed E-state index contributed by atoms with van der Waals surface area (Å²) in [6.45, 7) is 0. The Morgan fingerprint density at radius 3 is 2.63 bits per heavy atom. The zero-order valence-electron chi connectivity index (χ0n) is 11.0. The first kappa shape index (κ1) is 13.5. The van der Waals surface area contributed by atoms with Gasteiger partial charge in [0.25, 0.3) is 0 Å². The molecule has 19 heavy (non-hydrogen) atoms. The Balaban J connectivity index is 2.18. The van der Waals surface area contributed by atoms with E-state index >= 15 is 0 Å². The molecule has 1 fully saturated rings. The van der Waals surface area contributed by atoms with Gasteiger partial charge in [0.1, 0.15) is 6.20 Å². The molecule has 0 amide bonds. The van der Waals surface area contributed by atoms with Crippen LogP contribution in [0.15, 0.2) is 6.20 Å². The molecule has 104 valence electrons. The molecule has 1 aromatic heterocycles. The highest BCUT2D eigenvalue weighted by atomic mass is 16.6. The van der Waals surface area contributed by atoms with Crippen molar-refractivity contribution in [1.82, 2.24) is 9.97 Å². The van der Waals surface area contributed by atoms with Gasteiger partial charge in [0, 0.05) is 6.04 Å². The third kappa shape index (κ3) is 3.52. The van der Waals surface area contributed by atoms with Gasteiger partial charge in [0.15, 0.2) is 0 Å². The van der Waals surface area contributed by atoms with Crippen LogP contribution in [0.3, 0.4) is 0 Å². The SMILES string of the molecule is COc1ncc([N+](=O)[O-])c(NC2CCCCCC2)n1. The first-order valence-electron chi connectivity index (χ1n) is 6.52. The van der Waals surface area contributed by atoms with Crippen LogP contribution in [0.1, 0.15) is 38.5 Å². The lowest BCUT2D eigenvalue weighted by molar-refractivity contribution is -0.384. The number of anilines is 1. The number of nitro groups is 1. The van der Waals surface area contributed by atoms with Crippen LogP contribution in [-0.2, 0) is 0 Å². The lowest BCUT2D eigenvalue weighted by Gasteiger charge is -2.16. The lowest BCUT2D eigenvalue weighted by Crippen LogP contribution is -2.20. The van der Waals surface area contributed by atoms with Crippen LogP contribution in [-0.4, -0.2) is 28.0 Å². The summed E-state index contributed by atoms with van der Waals surface area (Å²) in [5.41, 5.74) is -0.106. The molecule has 7 nitrogen and oxygen atoms in total. The van der Waals surface area contributed by atoms with E-state index in [1.165, 1.54) is 26.1 Å². The standard InChI is InChI=1S/C12H18N4O3/c1-19-12-13-8-10(16(17)18)11(15-12)14-9-6-4-2-3-5-7-9/h8-9H,2-7H2,1H3,(H,13,14,15). The van der Waals surface area contributed by atoms with Crippen molar-refractivity contribution in [3.63, 3.8) is 0 Å². The van der Waals surface area contributed by atoms with Gasteiger partial charge < -0.3 is 10.1 Å². The zero-order valence-corrected chi connectivity index (χ0v) is 11.0. The van der Waals surface area contributed by atoms with Gasteiger partial charge in [-0.15, -0.1) is 0 Å². The topological polar surface area (TPSA) is 90.2 Å². The third-order valence-corrected chi connectivity index (χ3v) is 3.32. The maximum Gasteiger partial charge on any atom is 0.329 e. The van der Waals surface area contributed by atoms with E-state index in [0.29, 0.717) is 0 Å². The highest BCUT2D eigenvalue weighted by molar-refractivity contribution is 5.55. The highest BCUT2D eigenvalue weighted by Gasteiger charge is 2.21. The second-order valence-corrected chi connectivity index (χ2v) is 4.68. The van der Waals surface area contributed by atoms with Crippen molar-refractivity contribution in [2.24, 2.45) is 0 Å². The smallest absolute Gasteiger partial charge is 0.329 e. The van der Waals surface area contributed by atoms with Gasteiger partial charge in [-0.25, -0.2) is 0 Å². The minimum atomic E-state index is -0.474. The van der Waals surface area contributed by atoms with E-state index in [4.69, 9.17) is 4.74 Å². The largest absolute Gasteiger partial charge is 0.467 e. The summed E-state index contributed by atoms with van der Waals surface area (Å²) in [5, 5.41) is 14.1. The van der Waals surface area contributed by atoms with Gasteiger partial charge in [-0.2, -0.15) is 9.97 Å². The Morgan fingerprint density at radius 1 is 1.37 bits per heavy atom. The molecule has 1 aromatic rings. The maximum absolute atomic E-state index is 11.0. The predicted octanol–water partition coefficient (Wildman–Crippen LogP) is 2.53. The van der Waals surface area contributed by atoms with Crippen molar-refractivity contribution < 1.29 is 9.66 Å². The predicted molar refractivity (Wildman–Crippen MR) is 70.4 cm³/mol. The molecular weight excluding hydrogens is 248 g/mol. The molecule has 1 N–H and O–H groups in total. The number of hydrogen-bond donors (Lipinski definition) is 1. The van der Waals surface area contributed by atoms with Crippen molar-refractivity contribution in [3.8, 4) is 6.01 Å². The Kier molecular flexibility index (Phi) is 4.48. The molecule has 0 unspecified atom stereocenters. The van der Waals surface area contributed by atoms with E-state index < -0.39 is 4.92 Å². The molecule has 1 heterocycles. The van der Waals surface area contributed by atoms with Gasteiger partial charge in [-0.1, -0.05) is 25.7 Å². The molecule has 0 bridgehead atoms. The lowest BCUT2D eigenvalue weighted by atomic mass is 10.1. The fraction of sp³-hybridized carbons (Fsp3) is 0.667. The summed E-state index contributed by atoms with van der Waals surface area (Å²) >= 11 is 0. The number of methoxy groups -OCH3 is 1. The van der Waals surface area contributed by atoms with Crippen LogP contribution in [0.4, 0.5) is 11.5 Å². The first-order chi connectivity index (χ1) is 9.20.